The van der Waals surface area contributed by atoms with Gasteiger partial charge in [0.2, 0.25) is 15.9 Å². The van der Waals surface area contributed by atoms with E-state index in [4.69, 9.17) is 0 Å². The molecule has 3 rings (SSSR count). The van der Waals surface area contributed by atoms with Gasteiger partial charge in [-0.25, -0.2) is 27.2 Å². The van der Waals surface area contributed by atoms with Crippen molar-refractivity contribution in [2.24, 2.45) is 0 Å². The highest BCUT2D eigenvalue weighted by Crippen LogP contribution is 2.25. The van der Waals surface area contributed by atoms with Crippen LogP contribution >= 0.6 is 11.3 Å². The van der Waals surface area contributed by atoms with E-state index >= 15 is 0 Å². The molecule has 0 unspecified atom stereocenters. The van der Waals surface area contributed by atoms with E-state index in [1.54, 1.807) is 0 Å². The number of aromatic nitrogens is 2. The van der Waals surface area contributed by atoms with Gasteiger partial charge >= 0.3 is 0 Å². The summed E-state index contributed by atoms with van der Waals surface area (Å²) in [6.45, 7) is 3.51. The number of carbonyl (C=O) groups excluding carboxylic acids is 1. The van der Waals surface area contributed by atoms with Crippen molar-refractivity contribution >= 4 is 37.5 Å². The maximum Gasteiger partial charge on any atom is 0.281 e. The van der Waals surface area contributed by atoms with Crippen LogP contribution in [0.4, 0.5) is 4.39 Å². The number of rotatable bonds is 6. The predicted octanol–water partition coefficient (Wildman–Crippen LogP) is 1.65. The first-order chi connectivity index (χ1) is 13.2. The van der Waals surface area contributed by atoms with Crippen LogP contribution in [0.3, 0.4) is 0 Å². The summed E-state index contributed by atoms with van der Waals surface area (Å²) in [4.78, 5) is 30.2. The summed E-state index contributed by atoms with van der Waals surface area (Å²) in [5.41, 5.74) is 2.81. The van der Waals surface area contributed by atoms with Crippen LogP contribution in [0.15, 0.2) is 40.3 Å². The molecule has 28 heavy (non-hydrogen) atoms. The van der Waals surface area contributed by atoms with Gasteiger partial charge < -0.3 is 0 Å². The van der Waals surface area contributed by atoms with Crippen LogP contribution in [0.2, 0.25) is 0 Å². The Morgan fingerprint density at radius 2 is 1.93 bits per heavy atom. The number of sulfonamides is 1. The Hall–Kier alpha value is -2.63. The molecule has 0 saturated heterocycles. The minimum atomic E-state index is -3.86. The fraction of sp³-hybridized carbons (Fsp3) is 0.235. The summed E-state index contributed by atoms with van der Waals surface area (Å²) in [5, 5.41) is 0.447. The SMILES string of the molecule is Cc1sc2ncn(NC(=O)CCNS(=O)(=O)c3ccc(F)cc3)c(=O)c2c1C. The molecule has 1 aromatic carbocycles. The van der Waals surface area contributed by atoms with E-state index < -0.39 is 27.3 Å². The zero-order chi connectivity index (χ0) is 20.5. The molecular formula is C17H17FN4O4S2. The largest absolute Gasteiger partial charge is 0.281 e. The molecule has 0 aliphatic heterocycles. The van der Waals surface area contributed by atoms with E-state index in [9.17, 15) is 22.4 Å². The molecule has 2 heterocycles. The molecule has 0 fully saturated rings. The number of thiophene rings is 1. The summed E-state index contributed by atoms with van der Waals surface area (Å²) in [7, 11) is -3.86. The van der Waals surface area contributed by atoms with Crippen molar-refractivity contribution in [3.63, 3.8) is 0 Å². The van der Waals surface area contributed by atoms with E-state index in [0.717, 1.165) is 39.4 Å². The van der Waals surface area contributed by atoms with Gasteiger partial charge in [0.1, 0.15) is 17.0 Å². The fourth-order valence-corrected chi connectivity index (χ4v) is 4.52. The van der Waals surface area contributed by atoms with Crippen LogP contribution in [-0.2, 0) is 14.8 Å². The van der Waals surface area contributed by atoms with Crippen LogP contribution in [0.25, 0.3) is 10.2 Å². The number of nitrogens with one attached hydrogen (secondary N) is 2. The lowest BCUT2D eigenvalue weighted by Gasteiger charge is -2.09. The lowest BCUT2D eigenvalue weighted by Crippen LogP contribution is -2.35. The third-order valence-corrected chi connectivity index (χ3v) is 6.70. The smallest absolute Gasteiger partial charge is 0.273 e. The van der Waals surface area contributed by atoms with Crippen molar-refractivity contribution < 1.29 is 17.6 Å². The summed E-state index contributed by atoms with van der Waals surface area (Å²) >= 11 is 1.40. The third kappa shape index (κ3) is 4.11. The maximum atomic E-state index is 12.9. The molecule has 2 aromatic heterocycles. The molecule has 0 radical (unpaired) electrons. The number of nitrogens with zero attached hydrogens (tertiary/aromatic N) is 2. The Balaban J connectivity index is 1.64. The van der Waals surface area contributed by atoms with E-state index in [1.165, 1.54) is 17.7 Å². The number of hydrogen-bond donors (Lipinski definition) is 2. The highest BCUT2D eigenvalue weighted by molar-refractivity contribution is 7.89. The monoisotopic (exact) mass is 424 g/mol. The van der Waals surface area contributed by atoms with Crippen molar-refractivity contribution in [2.75, 3.05) is 12.0 Å². The number of benzene rings is 1. The summed E-state index contributed by atoms with van der Waals surface area (Å²) < 4.78 is 40.3. The van der Waals surface area contributed by atoms with Gasteiger partial charge in [0.05, 0.1) is 10.3 Å². The Morgan fingerprint density at radius 3 is 2.61 bits per heavy atom. The van der Waals surface area contributed by atoms with Gasteiger partial charge in [0.15, 0.2) is 0 Å². The topological polar surface area (TPSA) is 110 Å². The van der Waals surface area contributed by atoms with Gasteiger partial charge in [0.25, 0.3) is 5.56 Å². The molecular weight excluding hydrogens is 407 g/mol. The average molecular weight is 424 g/mol. The first-order valence-electron chi connectivity index (χ1n) is 8.21. The number of fused-ring (bicyclic) bond motifs is 1. The number of hydrogen-bond acceptors (Lipinski definition) is 6. The van der Waals surface area contributed by atoms with Crippen molar-refractivity contribution in [2.45, 2.75) is 25.2 Å². The van der Waals surface area contributed by atoms with E-state index in [0.29, 0.717) is 10.2 Å². The van der Waals surface area contributed by atoms with Crippen LogP contribution < -0.4 is 15.7 Å². The normalized spacial score (nSPS) is 11.7. The highest BCUT2D eigenvalue weighted by atomic mass is 32.2. The van der Waals surface area contributed by atoms with Crippen LogP contribution in [-0.4, -0.2) is 30.5 Å². The van der Waals surface area contributed by atoms with E-state index in [2.05, 4.69) is 15.1 Å². The molecule has 148 valence electrons. The standard InChI is InChI=1S/C17H17FN4O4S2/c1-10-11(2)27-16-15(10)17(24)22(9-19-16)21-14(23)7-8-20-28(25,26)13-5-3-12(18)4-6-13/h3-6,9,20H,7-8H2,1-2H3,(H,21,23). The molecule has 0 saturated carbocycles. The lowest BCUT2D eigenvalue weighted by molar-refractivity contribution is -0.117. The Kier molecular flexibility index (Phi) is 5.59. The van der Waals surface area contributed by atoms with Gasteiger partial charge in [-0.05, 0) is 43.7 Å². The zero-order valence-electron chi connectivity index (χ0n) is 15.0. The third-order valence-electron chi connectivity index (χ3n) is 4.10. The molecule has 0 spiro atoms. The molecule has 11 heteroatoms. The molecule has 0 atom stereocenters. The van der Waals surface area contributed by atoms with Crippen molar-refractivity contribution in [1.82, 2.24) is 14.4 Å². The second-order valence-corrected chi connectivity index (χ2v) is 8.99. The first-order valence-corrected chi connectivity index (χ1v) is 10.5. The number of carbonyl (C=O) groups is 1. The summed E-state index contributed by atoms with van der Waals surface area (Å²) in [5.74, 6) is -1.11. The van der Waals surface area contributed by atoms with Crippen LogP contribution in [0.5, 0.6) is 0 Å². The molecule has 1 amide bonds. The maximum absolute atomic E-state index is 12.9. The van der Waals surface area contributed by atoms with E-state index in [1.807, 2.05) is 13.8 Å². The van der Waals surface area contributed by atoms with Crippen LogP contribution in [0, 0.1) is 19.7 Å². The van der Waals surface area contributed by atoms with Crippen molar-refractivity contribution in [3.8, 4) is 0 Å². The number of aryl methyl sites for hydroxylation is 2. The minimum Gasteiger partial charge on any atom is -0.273 e. The Morgan fingerprint density at radius 1 is 1.25 bits per heavy atom. The van der Waals surface area contributed by atoms with Crippen LogP contribution in [0.1, 0.15) is 16.9 Å². The second-order valence-electron chi connectivity index (χ2n) is 6.02. The molecule has 3 aromatic rings. The number of halogens is 1. The Labute approximate surface area is 164 Å². The molecule has 8 nitrogen and oxygen atoms in total. The molecule has 0 bridgehead atoms. The van der Waals surface area contributed by atoms with Gasteiger partial charge in [-0.2, -0.15) is 0 Å². The van der Waals surface area contributed by atoms with Crippen molar-refractivity contribution in [3.05, 3.63) is 57.2 Å². The molecule has 0 aliphatic rings. The highest BCUT2D eigenvalue weighted by Gasteiger charge is 2.16. The predicted molar refractivity (Wildman–Crippen MR) is 104 cm³/mol. The summed E-state index contributed by atoms with van der Waals surface area (Å²) in [6.07, 6.45) is 1.02. The lowest BCUT2D eigenvalue weighted by atomic mass is 10.2. The van der Waals surface area contributed by atoms with Gasteiger partial charge in [0, 0.05) is 17.8 Å². The zero-order valence-corrected chi connectivity index (χ0v) is 16.7. The first kappa shape index (κ1) is 20.1. The number of amides is 1. The van der Waals surface area contributed by atoms with Crippen molar-refractivity contribution in [1.29, 1.82) is 0 Å². The second kappa shape index (κ2) is 7.78. The quantitative estimate of drug-likeness (QED) is 0.625. The molecule has 2 N–H and O–H groups in total. The van der Waals surface area contributed by atoms with Gasteiger partial charge in [-0.15, -0.1) is 11.3 Å². The van der Waals surface area contributed by atoms with Gasteiger partial charge in [-0.1, -0.05) is 0 Å². The minimum absolute atomic E-state index is 0.108. The molecule has 0 aliphatic carbocycles. The average Bonchev–Trinajstić information content (AvgIpc) is 2.92. The summed E-state index contributed by atoms with van der Waals surface area (Å²) in [6, 6.07) is 4.32. The van der Waals surface area contributed by atoms with E-state index in [-0.39, 0.29) is 17.9 Å². The Bertz CT molecular complexity index is 1200. The van der Waals surface area contributed by atoms with Gasteiger partial charge in [-0.3, -0.25) is 15.0 Å². The fourth-order valence-electron chi connectivity index (χ4n) is 2.50.